The van der Waals surface area contributed by atoms with Gasteiger partial charge in [0.25, 0.3) is 5.91 Å². The van der Waals surface area contributed by atoms with Gasteiger partial charge in [-0.2, -0.15) is 0 Å². The summed E-state index contributed by atoms with van der Waals surface area (Å²) in [5.41, 5.74) is 0.0361. The van der Waals surface area contributed by atoms with Crippen LogP contribution < -0.4 is 4.90 Å². The molecule has 0 radical (unpaired) electrons. The van der Waals surface area contributed by atoms with Crippen LogP contribution in [0.25, 0.3) is 0 Å². The number of alkyl halides is 1. The molecule has 2 bridgehead atoms. The highest BCUT2D eigenvalue weighted by molar-refractivity contribution is 9.09. The molecule has 42 heavy (non-hydrogen) atoms. The number of unbranched alkanes of at least 4 members (excludes halogenated alkanes) is 2. The van der Waals surface area contributed by atoms with Gasteiger partial charge in [0.1, 0.15) is 11.6 Å². The number of allylic oxidation sites excluding steroid dienone is 1. The van der Waals surface area contributed by atoms with Gasteiger partial charge in [-0.1, -0.05) is 65.7 Å². The van der Waals surface area contributed by atoms with Crippen molar-refractivity contribution >= 4 is 51.0 Å². The maximum absolute atomic E-state index is 14.8. The first-order valence-corrected chi connectivity index (χ1v) is 16.0. The number of carbonyl (C=O) groups is 3. The SMILES string of the molecule is C=CCCCCOC(=O)[C@H]1[C@@H]2OC3(CC2Br)C(C(=O)N(CC=C)c2c(C)cccc2Cl)N([C@@H](CO)CC(C)C)C(=O)[C@H]13. The highest BCUT2D eigenvalue weighted by Crippen LogP contribution is 2.61. The molecule has 3 aliphatic rings. The van der Waals surface area contributed by atoms with Crippen LogP contribution >= 0.6 is 27.5 Å². The van der Waals surface area contributed by atoms with Gasteiger partial charge in [0.2, 0.25) is 5.91 Å². The third-order valence-corrected chi connectivity index (χ3v) is 9.81. The van der Waals surface area contributed by atoms with Crippen molar-refractivity contribution in [3.05, 3.63) is 54.1 Å². The average Bonchev–Trinajstić information content (AvgIpc) is 3.53. The fourth-order valence-corrected chi connectivity index (χ4v) is 8.29. The summed E-state index contributed by atoms with van der Waals surface area (Å²) in [4.78, 5) is 45.6. The smallest absolute Gasteiger partial charge is 0.312 e. The van der Waals surface area contributed by atoms with Crippen LogP contribution in [0.4, 0.5) is 5.69 Å². The number of aryl methyl sites for hydroxylation is 1. The van der Waals surface area contributed by atoms with Crippen molar-refractivity contribution in [2.24, 2.45) is 17.8 Å². The summed E-state index contributed by atoms with van der Waals surface area (Å²) in [6.07, 6.45) is 5.98. The van der Waals surface area contributed by atoms with Crippen LogP contribution in [0, 0.1) is 24.7 Å². The Labute approximate surface area is 262 Å². The van der Waals surface area contributed by atoms with Crippen molar-refractivity contribution in [1.82, 2.24) is 4.90 Å². The van der Waals surface area contributed by atoms with Gasteiger partial charge < -0.3 is 24.4 Å². The van der Waals surface area contributed by atoms with Crippen LogP contribution in [0.2, 0.25) is 5.02 Å². The van der Waals surface area contributed by atoms with E-state index in [1.165, 1.54) is 4.90 Å². The number of anilines is 1. The standard InChI is InChI=1S/C32H42BrClN2O6/c1-6-8-9-10-15-41-31(40)24-25-29(38)36(21(18-37)16-19(3)4)28(32(25)17-22(33)27(24)42-32)30(39)35(14-7-2)26-20(5)12-11-13-23(26)34/h6-7,11-13,19,21-22,24-25,27-28,37H,1-2,8-10,14-18H2,3-5H3/t21-,22?,24-,25+,27-,28?,32?/m1/s1. The van der Waals surface area contributed by atoms with E-state index < -0.39 is 41.6 Å². The number of esters is 1. The van der Waals surface area contributed by atoms with E-state index in [1.807, 2.05) is 39.0 Å². The summed E-state index contributed by atoms with van der Waals surface area (Å²) in [6.45, 7) is 13.5. The second kappa shape index (κ2) is 13.6. The second-order valence-corrected chi connectivity index (χ2v) is 13.6. The number of carbonyl (C=O) groups excluding carboxylic acids is 3. The molecule has 10 heteroatoms. The third kappa shape index (κ3) is 5.82. The Hall–Kier alpha value is -2.20. The number of rotatable bonds is 14. The summed E-state index contributed by atoms with van der Waals surface area (Å²) in [6, 6.07) is 3.67. The van der Waals surface area contributed by atoms with Gasteiger partial charge in [-0.25, -0.2) is 0 Å². The molecule has 1 aromatic rings. The van der Waals surface area contributed by atoms with Crippen molar-refractivity contribution in [2.45, 2.75) is 81.5 Å². The second-order valence-electron chi connectivity index (χ2n) is 12.0. The molecule has 3 heterocycles. The lowest BCUT2D eigenvalue weighted by Crippen LogP contribution is -2.59. The quantitative estimate of drug-likeness (QED) is 0.127. The topological polar surface area (TPSA) is 96.4 Å². The number of hydrogen-bond acceptors (Lipinski definition) is 6. The lowest BCUT2D eigenvalue weighted by Gasteiger charge is -2.40. The zero-order valence-corrected chi connectivity index (χ0v) is 27.0. The van der Waals surface area contributed by atoms with Crippen molar-refractivity contribution < 1.29 is 29.0 Å². The Morgan fingerprint density at radius 3 is 2.67 bits per heavy atom. The maximum Gasteiger partial charge on any atom is 0.312 e. The summed E-state index contributed by atoms with van der Waals surface area (Å²) in [5.74, 6) is -2.89. The number of amides is 2. The molecule has 230 valence electrons. The molecule has 0 aromatic heterocycles. The van der Waals surface area contributed by atoms with E-state index in [-0.39, 0.29) is 42.3 Å². The average molecular weight is 666 g/mol. The molecule has 1 aromatic carbocycles. The fraction of sp³-hybridized carbons (Fsp3) is 0.594. The predicted molar refractivity (Wildman–Crippen MR) is 167 cm³/mol. The normalized spacial score (nSPS) is 28.6. The molecule has 0 saturated carbocycles. The minimum absolute atomic E-state index is 0.135. The van der Waals surface area contributed by atoms with Gasteiger partial charge in [0.15, 0.2) is 0 Å². The molecular weight excluding hydrogens is 624 g/mol. The zero-order valence-electron chi connectivity index (χ0n) is 24.6. The number of hydrogen-bond donors (Lipinski definition) is 1. The molecule has 3 aliphatic heterocycles. The number of aliphatic hydroxyl groups excluding tert-OH is 1. The Bertz CT molecular complexity index is 1190. The molecule has 3 saturated heterocycles. The van der Waals surface area contributed by atoms with Gasteiger partial charge in [-0.3, -0.25) is 14.4 Å². The Morgan fingerprint density at radius 2 is 2.05 bits per heavy atom. The van der Waals surface area contributed by atoms with Gasteiger partial charge in [0.05, 0.1) is 47.9 Å². The van der Waals surface area contributed by atoms with Crippen molar-refractivity contribution in [2.75, 3.05) is 24.7 Å². The third-order valence-electron chi connectivity index (χ3n) is 8.66. The Morgan fingerprint density at radius 1 is 1.31 bits per heavy atom. The number of para-hydroxylation sites is 1. The van der Waals surface area contributed by atoms with Crippen LogP contribution in [-0.2, 0) is 23.9 Å². The first-order valence-electron chi connectivity index (χ1n) is 14.7. The van der Waals surface area contributed by atoms with Crippen LogP contribution in [0.3, 0.4) is 0 Å². The van der Waals surface area contributed by atoms with E-state index in [1.54, 1.807) is 17.0 Å². The number of benzene rings is 1. The zero-order chi connectivity index (χ0) is 30.8. The van der Waals surface area contributed by atoms with Crippen LogP contribution in [0.1, 0.15) is 51.5 Å². The number of halogens is 2. The number of aliphatic hydroxyl groups is 1. The Balaban J connectivity index is 1.79. The number of ether oxygens (including phenoxy) is 2. The lowest BCUT2D eigenvalue weighted by atomic mass is 9.70. The highest BCUT2D eigenvalue weighted by atomic mass is 79.9. The van der Waals surface area contributed by atoms with E-state index in [9.17, 15) is 19.5 Å². The summed E-state index contributed by atoms with van der Waals surface area (Å²) >= 11 is 10.3. The van der Waals surface area contributed by atoms with E-state index in [2.05, 4.69) is 29.1 Å². The predicted octanol–water partition coefficient (Wildman–Crippen LogP) is 5.22. The molecule has 8 nitrogen and oxygen atoms in total. The molecule has 1 N–H and O–H groups in total. The minimum atomic E-state index is -1.28. The van der Waals surface area contributed by atoms with E-state index in [0.29, 0.717) is 30.0 Å². The fourth-order valence-electron chi connectivity index (χ4n) is 7.02. The van der Waals surface area contributed by atoms with Gasteiger partial charge in [-0.05, 0) is 56.6 Å². The van der Waals surface area contributed by atoms with Crippen LogP contribution in [0.5, 0.6) is 0 Å². The molecule has 2 amide bonds. The number of nitrogens with zero attached hydrogens (tertiary/aromatic N) is 2. The van der Waals surface area contributed by atoms with E-state index in [0.717, 1.165) is 18.4 Å². The summed E-state index contributed by atoms with van der Waals surface area (Å²) in [5, 5.41) is 10.9. The Kier molecular flexibility index (Phi) is 10.6. The summed E-state index contributed by atoms with van der Waals surface area (Å²) < 4.78 is 12.3. The maximum atomic E-state index is 14.8. The first-order chi connectivity index (χ1) is 20.0. The number of likely N-dealkylation sites (tertiary alicyclic amines) is 1. The molecule has 4 rings (SSSR count). The van der Waals surface area contributed by atoms with Crippen molar-refractivity contribution in [3.8, 4) is 0 Å². The molecule has 3 fully saturated rings. The molecule has 1 spiro atoms. The minimum Gasteiger partial charge on any atom is -0.465 e. The lowest BCUT2D eigenvalue weighted by molar-refractivity contribution is -0.155. The molecular formula is C32H42BrClN2O6. The first kappa shape index (κ1) is 32.7. The van der Waals surface area contributed by atoms with Gasteiger partial charge in [0, 0.05) is 11.4 Å². The van der Waals surface area contributed by atoms with Gasteiger partial charge in [-0.15, -0.1) is 13.2 Å². The van der Waals surface area contributed by atoms with E-state index >= 15 is 0 Å². The van der Waals surface area contributed by atoms with Crippen molar-refractivity contribution in [3.63, 3.8) is 0 Å². The number of fused-ring (bicyclic) bond motifs is 1. The molecule has 7 atom stereocenters. The van der Waals surface area contributed by atoms with E-state index in [4.69, 9.17) is 21.1 Å². The highest BCUT2D eigenvalue weighted by Gasteiger charge is 2.77. The molecule has 0 aliphatic carbocycles. The monoisotopic (exact) mass is 664 g/mol. The largest absolute Gasteiger partial charge is 0.465 e. The van der Waals surface area contributed by atoms with Crippen molar-refractivity contribution in [1.29, 1.82) is 0 Å². The van der Waals surface area contributed by atoms with Crippen LogP contribution in [0.15, 0.2) is 43.5 Å². The summed E-state index contributed by atoms with van der Waals surface area (Å²) in [7, 11) is 0. The van der Waals surface area contributed by atoms with Gasteiger partial charge >= 0.3 is 5.97 Å². The molecule has 3 unspecified atom stereocenters. The van der Waals surface area contributed by atoms with Crippen LogP contribution in [-0.4, -0.2) is 76.2 Å².